The molecule has 21 heavy (non-hydrogen) atoms. The van der Waals surface area contributed by atoms with Crippen LogP contribution < -0.4 is 9.46 Å². The number of benzene rings is 1. The van der Waals surface area contributed by atoms with Crippen LogP contribution in [0.15, 0.2) is 23.1 Å². The fraction of sp³-hybridized carbons (Fsp3) is 0.571. The van der Waals surface area contributed by atoms with Gasteiger partial charge in [-0.25, -0.2) is 13.1 Å². The summed E-state index contributed by atoms with van der Waals surface area (Å²) in [6.07, 6.45) is 0.330. The van der Waals surface area contributed by atoms with Crippen molar-refractivity contribution in [2.24, 2.45) is 0 Å². The Balaban J connectivity index is 2.90. The highest BCUT2D eigenvalue weighted by molar-refractivity contribution is 7.89. The van der Waals surface area contributed by atoms with E-state index in [1.165, 1.54) is 20.3 Å². The van der Waals surface area contributed by atoms with Gasteiger partial charge in [-0.2, -0.15) is 0 Å². The molecule has 0 amide bonds. The van der Waals surface area contributed by atoms with E-state index >= 15 is 0 Å². The van der Waals surface area contributed by atoms with Gasteiger partial charge in [0.2, 0.25) is 10.0 Å². The minimum absolute atomic E-state index is 0.0625. The molecule has 1 aromatic carbocycles. The lowest BCUT2D eigenvalue weighted by molar-refractivity contribution is 0.0292. The maximum Gasteiger partial charge on any atom is 0.244 e. The highest BCUT2D eigenvalue weighted by atomic mass is 32.2. The second-order valence-electron chi connectivity index (χ2n) is 5.22. The third-order valence-corrected chi connectivity index (χ3v) is 4.52. The van der Waals surface area contributed by atoms with E-state index in [-0.39, 0.29) is 17.2 Å². The Labute approximate surface area is 126 Å². The standard InChI is InChI=1S/C14H23NO5S/c1-11-5-6-12(20-4)13(9-11)21(17,18)15-10-14(2,16)7-8-19-3/h5-6,9,15-16H,7-8,10H2,1-4H3. The van der Waals surface area contributed by atoms with Crippen LogP contribution in [-0.4, -0.2) is 46.5 Å². The summed E-state index contributed by atoms with van der Waals surface area (Å²) in [5, 5.41) is 10.1. The largest absolute Gasteiger partial charge is 0.495 e. The Morgan fingerprint density at radius 3 is 2.57 bits per heavy atom. The van der Waals surface area contributed by atoms with Crippen molar-refractivity contribution in [3.8, 4) is 5.75 Å². The molecule has 0 radical (unpaired) electrons. The average Bonchev–Trinajstić information content (AvgIpc) is 2.43. The maximum absolute atomic E-state index is 12.4. The van der Waals surface area contributed by atoms with Crippen molar-refractivity contribution in [3.05, 3.63) is 23.8 Å². The van der Waals surface area contributed by atoms with E-state index in [0.29, 0.717) is 13.0 Å². The Hall–Kier alpha value is -1.15. The van der Waals surface area contributed by atoms with Gasteiger partial charge in [0.15, 0.2) is 0 Å². The van der Waals surface area contributed by atoms with Crippen LogP contribution >= 0.6 is 0 Å². The number of hydrogen-bond donors (Lipinski definition) is 2. The zero-order valence-corrected chi connectivity index (χ0v) is 13.7. The first-order valence-corrected chi connectivity index (χ1v) is 8.06. The van der Waals surface area contributed by atoms with Gasteiger partial charge in [0, 0.05) is 26.7 Å². The first-order valence-electron chi connectivity index (χ1n) is 6.57. The lowest BCUT2D eigenvalue weighted by atomic mass is 10.0. The van der Waals surface area contributed by atoms with Crippen LogP contribution in [0.4, 0.5) is 0 Å². The summed E-state index contributed by atoms with van der Waals surface area (Å²) >= 11 is 0. The van der Waals surface area contributed by atoms with Crippen molar-refractivity contribution in [1.29, 1.82) is 0 Å². The van der Waals surface area contributed by atoms with Gasteiger partial charge in [-0.15, -0.1) is 0 Å². The molecule has 2 N–H and O–H groups in total. The lowest BCUT2D eigenvalue weighted by Crippen LogP contribution is -2.41. The Bertz CT molecular complexity index is 569. The van der Waals surface area contributed by atoms with Gasteiger partial charge in [-0.05, 0) is 31.5 Å². The summed E-state index contributed by atoms with van der Waals surface area (Å²) in [7, 11) is -0.819. The summed E-state index contributed by atoms with van der Waals surface area (Å²) in [4.78, 5) is 0.0625. The topological polar surface area (TPSA) is 84.9 Å². The molecule has 0 saturated carbocycles. The van der Waals surface area contributed by atoms with E-state index in [4.69, 9.17) is 9.47 Å². The van der Waals surface area contributed by atoms with Crippen molar-refractivity contribution in [3.63, 3.8) is 0 Å². The molecule has 120 valence electrons. The predicted molar refractivity (Wildman–Crippen MR) is 80.0 cm³/mol. The van der Waals surface area contributed by atoms with E-state index < -0.39 is 15.6 Å². The third-order valence-electron chi connectivity index (χ3n) is 3.10. The Morgan fingerprint density at radius 1 is 1.33 bits per heavy atom. The molecule has 1 aromatic rings. The van der Waals surface area contributed by atoms with Crippen LogP contribution in [0.25, 0.3) is 0 Å². The maximum atomic E-state index is 12.4. The van der Waals surface area contributed by atoms with Gasteiger partial charge in [0.25, 0.3) is 0 Å². The zero-order chi connectivity index (χ0) is 16.1. The van der Waals surface area contributed by atoms with Crippen LogP contribution in [0.1, 0.15) is 18.9 Å². The highest BCUT2D eigenvalue weighted by Gasteiger charge is 2.26. The summed E-state index contributed by atoms with van der Waals surface area (Å²) < 4.78 is 37.1. The number of sulfonamides is 1. The average molecular weight is 317 g/mol. The quantitative estimate of drug-likeness (QED) is 0.749. The molecular weight excluding hydrogens is 294 g/mol. The number of ether oxygens (including phenoxy) is 2. The van der Waals surface area contributed by atoms with Gasteiger partial charge in [0.05, 0.1) is 12.7 Å². The summed E-state index contributed by atoms with van der Waals surface area (Å²) in [6, 6.07) is 4.91. The smallest absolute Gasteiger partial charge is 0.244 e. The molecule has 0 aliphatic carbocycles. The molecule has 0 saturated heterocycles. The van der Waals surface area contributed by atoms with Gasteiger partial charge in [0.1, 0.15) is 10.6 Å². The minimum Gasteiger partial charge on any atom is -0.495 e. The highest BCUT2D eigenvalue weighted by Crippen LogP contribution is 2.24. The predicted octanol–water partition coefficient (Wildman–Crippen LogP) is 1.07. The van der Waals surface area contributed by atoms with E-state index in [0.717, 1.165) is 5.56 Å². The van der Waals surface area contributed by atoms with Crippen LogP contribution in [0.3, 0.4) is 0 Å². The fourth-order valence-corrected chi connectivity index (χ4v) is 3.15. The molecular formula is C14H23NO5S. The SMILES string of the molecule is COCCC(C)(O)CNS(=O)(=O)c1cc(C)ccc1OC. The van der Waals surface area contributed by atoms with Crippen molar-refractivity contribution in [1.82, 2.24) is 4.72 Å². The molecule has 0 aliphatic heterocycles. The van der Waals surface area contributed by atoms with Gasteiger partial charge in [-0.3, -0.25) is 0 Å². The van der Waals surface area contributed by atoms with E-state index in [9.17, 15) is 13.5 Å². The second-order valence-corrected chi connectivity index (χ2v) is 6.95. The van der Waals surface area contributed by atoms with Crippen LogP contribution in [0.5, 0.6) is 5.75 Å². The van der Waals surface area contributed by atoms with Crippen LogP contribution in [-0.2, 0) is 14.8 Å². The van der Waals surface area contributed by atoms with Gasteiger partial charge in [-0.1, -0.05) is 6.07 Å². The van der Waals surface area contributed by atoms with Crippen molar-refractivity contribution < 1.29 is 23.0 Å². The monoisotopic (exact) mass is 317 g/mol. The molecule has 1 rings (SSSR count). The van der Waals surface area contributed by atoms with E-state index in [2.05, 4.69) is 4.72 Å². The molecule has 7 heteroatoms. The minimum atomic E-state index is -3.76. The molecule has 0 spiro atoms. The first-order chi connectivity index (χ1) is 9.72. The number of methoxy groups -OCH3 is 2. The molecule has 0 heterocycles. The zero-order valence-electron chi connectivity index (χ0n) is 12.8. The number of rotatable bonds is 8. The van der Waals surface area contributed by atoms with Crippen LogP contribution in [0, 0.1) is 6.92 Å². The molecule has 1 unspecified atom stereocenters. The van der Waals surface area contributed by atoms with Crippen LogP contribution in [0.2, 0.25) is 0 Å². The van der Waals surface area contributed by atoms with Gasteiger partial charge >= 0.3 is 0 Å². The number of aliphatic hydroxyl groups is 1. The summed E-state index contributed by atoms with van der Waals surface area (Å²) in [5.41, 5.74) is -0.373. The third kappa shape index (κ3) is 5.28. The van der Waals surface area contributed by atoms with Gasteiger partial charge < -0.3 is 14.6 Å². The normalized spacial score (nSPS) is 14.7. The number of aryl methyl sites for hydroxylation is 1. The Kier molecular flexibility index (Phi) is 6.15. The fourth-order valence-electron chi connectivity index (χ4n) is 1.73. The Morgan fingerprint density at radius 2 is 2.00 bits per heavy atom. The summed E-state index contributed by atoms with van der Waals surface area (Å²) in [5.74, 6) is 0.268. The van der Waals surface area contributed by atoms with E-state index in [1.807, 2.05) is 0 Å². The van der Waals surface area contributed by atoms with Crippen molar-refractivity contribution >= 4 is 10.0 Å². The molecule has 0 fully saturated rings. The van der Waals surface area contributed by atoms with Crippen molar-refractivity contribution in [2.75, 3.05) is 27.4 Å². The molecule has 1 atom stereocenters. The molecule has 6 nitrogen and oxygen atoms in total. The number of nitrogens with one attached hydrogen (secondary N) is 1. The lowest BCUT2D eigenvalue weighted by Gasteiger charge is -2.23. The van der Waals surface area contributed by atoms with E-state index in [1.54, 1.807) is 26.0 Å². The summed E-state index contributed by atoms with van der Waals surface area (Å²) in [6.45, 7) is 3.60. The number of hydrogen-bond acceptors (Lipinski definition) is 5. The molecule has 0 aromatic heterocycles. The first kappa shape index (κ1) is 17.9. The molecule has 0 aliphatic rings. The molecule has 0 bridgehead atoms. The second kappa shape index (κ2) is 7.22. The van der Waals surface area contributed by atoms with Crippen molar-refractivity contribution in [2.45, 2.75) is 30.8 Å².